The number of nitrogens with two attached hydrogens (primary N) is 1. The summed E-state index contributed by atoms with van der Waals surface area (Å²) in [6, 6.07) is 3.58. The number of hydrogen-bond acceptors (Lipinski definition) is 6. The molecule has 0 aromatic heterocycles. The Balaban J connectivity index is 2.49. The van der Waals surface area contributed by atoms with Crippen molar-refractivity contribution in [2.45, 2.75) is 58.5 Å². The van der Waals surface area contributed by atoms with E-state index >= 15 is 0 Å². The van der Waals surface area contributed by atoms with Crippen LogP contribution in [0.15, 0.2) is 30.4 Å². The van der Waals surface area contributed by atoms with Crippen molar-refractivity contribution in [1.82, 2.24) is 5.32 Å². The molecule has 0 aliphatic heterocycles. The monoisotopic (exact) mass is 420 g/mol. The first kappa shape index (κ1) is 25.2. The lowest BCUT2D eigenvalue weighted by Gasteiger charge is -2.13. The molecule has 0 saturated carbocycles. The van der Waals surface area contributed by atoms with Gasteiger partial charge in [0.15, 0.2) is 11.5 Å². The molecular weight excluding hydrogens is 388 g/mol. The van der Waals surface area contributed by atoms with E-state index in [-0.39, 0.29) is 17.4 Å². The van der Waals surface area contributed by atoms with E-state index in [0.717, 1.165) is 24.8 Å². The number of carboxylic acids is 1. The number of amides is 1. The third kappa shape index (κ3) is 10.1. The smallest absolute Gasteiger partial charge is 0.329 e. The highest BCUT2D eigenvalue weighted by Crippen LogP contribution is 2.28. The summed E-state index contributed by atoms with van der Waals surface area (Å²) in [6.45, 7) is 4.57. The molecule has 0 saturated heterocycles. The highest BCUT2D eigenvalue weighted by molar-refractivity contribution is 5.83. The number of allylic oxidation sites excluding steroid dienone is 2. The lowest BCUT2D eigenvalue weighted by atomic mass is 10.1. The zero-order valence-corrected chi connectivity index (χ0v) is 17.8. The van der Waals surface area contributed by atoms with Gasteiger partial charge in [0.05, 0.1) is 13.5 Å². The molecule has 4 N–H and O–H groups in total. The van der Waals surface area contributed by atoms with Gasteiger partial charge in [-0.2, -0.15) is 0 Å². The van der Waals surface area contributed by atoms with E-state index in [0.29, 0.717) is 18.9 Å². The van der Waals surface area contributed by atoms with Gasteiger partial charge in [-0.05, 0) is 42.9 Å². The molecular formula is C22H32N2O6. The van der Waals surface area contributed by atoms with E-state index < -0.39 is 24.4 Å². The second-order valence-corrected chi connectivity index (χ2v) is 7.31. The normalized spacial score (nSPS) is 12.0. The minimum Gasteiger partial charge on any atom is -0.493 e. The Morgan fingerprint density at radius 3 is 2.57 bits per heavy atom. The molecule has 0 fully saturated rings. The minimum absolute atomic E-state index is 0.0306. The molecule has 0 aliphatic rings. The van der Waals surface area contributed by atoms with Crippen molar-refractivity contribution in [3.05, 3.63) is 35.9 Å². The number of rotatable bonds is 13. The van der Waals surface area contributed by atoms with Gasteiger partial charge in [0.1, 0.15) is 6.04 Å². The number of carbonyl (C=O) groups is 3. The fourth-order valence-corrected chi connectivity index (χ4v) is 2.57. The van der Waals surface area contributed by atoms with E-state index in [1.165, 1.54) is 13.2 Å². The van der Waals surface area contributed by atoms with Crippen LogP contribution in [0.1, 0.15) is 51.5 Å². The van der Waals surface area contributed by atoms with Crippen LogP contribution in [0.5, 0.6) is 11.5 Å². The van der Waals surface area contributed by atoms with Crippen LogP contribution in [0.4, 0.5) is 0 Å². The van der Waals surface area contributed by atoms with Gasteiger partial charge in [-0.15, -0.1) is 0 Å². The summed E-state index contributed by atoms with van der Waals surface area (Å²) in [5.74, 6) is -1.12. The predicted molar refractivity (Wildman–Crippen MR) is 113 cm³/mol. The number of carbonyl (C=O) groups excluding carboxylic acids is 2. The topological polar surface area (TPSA) is 128 Å². The maximum Gasteiger partial charge on any atom is 0.329 e. The quantitative estimate of drug-likeness (QED) is 0.194. The number of methoxy groups -OCH3 is 1. The molecule has 0 unspecified atom stereocenters. The van der Waals surface area contributed by atoms with Crippen molar-refractivity contribution < 1.29 is 29.0 Å². The van der Waals surface area contributed by atoms with Crippen LogP contribution in [0, 0.1) is 5.92 Å². The maximum absolute atomic E-state index is 12.0. The fraction of sp³-hybridized carbons (Fsp3) is 0.500. The van der Waals surface area contributed by atoms with Gasteiger partial charge >= 0.3 is 11.9 Å². The van der Waals surface area contributed by atoms with Gasteiger partial charge in [-0.25, -0.2) is 4.79 Å². The Bertz CT molecular complexity index is 745. The SMILES string of the molecule is COc1cc(CNC(=O)CCCC/C=C/C(C)C)ccc1OC(=O)[C@@H](N)CC(=O)O. The zero-order valence-electron chi connectivity index (χ0n) is 17.8. The number of nitrogens with one attached hydrogen (secondary N) is 1. The molecule has 0 heterocycles. The average Bonchev–Trinajstić information content (AvgIpc) is 2.68. The van der Waals surface area contributed by atoms with Crippen LogP contribution in [-0.4, -0.2) is 36.1 Å². The van der Waals surface area contributed by atoms with Gasteiger partial charge in [0, 0.05) is 13.0 Å². The number of carboxylic acid groups (broad SMARTS) is 1. The summed E-state index contributed by atoms with van der Waals surface area (Å²) in [6.07, 6.45) is 7.01. The standard InChI is InChI=1S/C22H32N2O6/c1-15(2)8-6-4-5-7-9-20(25)24-14-16-10-11-18(19(12-16)29-3)30-22(28)17(23)13-21(26)27/h6,8,10-12,15,17H,4-5,7,9,13-14,23H2,1-3H3,(H,24,25)(H,26,27)/b8-6+/t17-/m0/s1. The Morgan fingerprint density at radius 1 is 1.20 bits per heavy atom. The van der Waals surface area contributed by atoms with Crippen LogP contribution in [-0.2, 0) is 20.9 Å². The molecule has 8 nitrogen and oxygen atoms in total. The number of benzene rings is 1. The number of unbranched alkanes of at least 4 members (excludes halogenated alkanes) is 2. The van der Waals surface area contributed by atoms with E-state index in [9.17, 15) is 14.4 Å². The van der Waals surface area contributed by atoms with E-state index in [4.69, 9.17) is 20.3 Å². The van der Waals surface area contributed by atoms with E-state index in [2.05, 4.69) is 31.3 Å². The minimum atomic E-state index is -1.27. The van der Waals surface area contributed by atoms with Crippen LogP contribution in [0.25, 0.3) is 0 Å². The first-order valence-corrected chi connectivity index (χ1v) is 10.0. The molecule has 1 rings (SSSR count). The number of esters is 1. The Kier molecular flexibility index (Phi) is 11.2. The molecule has 0 aliphatic carbocycles. The molecule has 0 bridgehead atoms. The summed E-state index contributed by atoms with van der Waals surface area (Å²) in [5.41, 5.74) is 6.27. The van der Waals surface area contributed by atoms with Crippen LogP contribution < -0.4 is 20.5 Å². The highest BCUT2D eigenvalue weighted by atomic mass is 16.6. The molecule has 1 atom stereocenters. The average molecular weight is 421 g/mol. The number of aliphatic carboxylic acids is 1. The van der Waals surface area contributed by atoms with Gasteiger partial charge in [-0.1, -0.05) is 32.1 Å². The van der Waals surface area contributed by atoms with E-state index in [1.807, 2.05) is 0 Å². The first-order valence-electron chi connectivity index (χ1n) is 10.0. The lowest BCUT2D eigenvalue weighted by molar-refractivity contribution is -0.143. The Labute approximate surface area is 177 Å². The molecule has 1 aromatic carbocycles. The largest absolute Gasteiger partial charge is 0.493 e. The van der Waals surface area contributed by atoms with Crippen molar-refractivity contribution in [2.75, 3.05) is 7.11 Å². The predicted octanol–water partition coefficient (Wildman–Crippen LogP) is 2.79. The van der Waals surface area contributed by atoms with Gasteiger partial charge in [-0.3, -0.25) is 9.59 Å². The molecule has 1 aromatic rings. The maximum atomic E-state index is 12.0. The van der Waals surface area contributed by atoms with Crippen LogP contribution in [0.3, 0.4) is 0 Å². The molecule has 30 heavy (non-hydrogen) atoms. The van der Waals surface area contributed by atoms with Gasteiger partial charge in [0.2, 0.25) is 5.91 Å². The molecule has 8 heteroatoms. The second kappa shape index (κ2) is 13.4. The molecule has 0 spiro atoms. The van der Waals surface area contributed by atoms with Crippen molar-refractivity contribution in [3.8, 4) is 11.5 Å². The van der Waals surface area contributed by atoms with Crippen LogP contribution >= 0.6 is 0 Å². The van der Waals surface area contributed by atoms with Gasteiger partial charge < -0.3 is 25.6 Å². The van der Waals surface area contributed by atoms with Crippen LogP contribution in [0.2, 0.25) is 0 Å². The number of ether oxygens (including phenoxy) is 2. The van der Waals surface area contributed by atoms with Crippen molar-refractivity contribution in [1.29, 1.82) is 0 Å². The Hall–Kier alpha value is -2.87. The number of hydrogen-bond donors (Lipinski definition) is 3. The molecule has 0 radical (unpaired) electrons. The first-order chi connectivity index (χ1) is 14.2. The van der Waals surface area contributed by atoms with Crippen molar-refractivity contribution >= 4 is 17.8 Å². The second-order valence-electron chi connectivity index (χ2n) is 7.31. The molecule has 1 amide bonds. The third-order valence-electron chi connectivity index (χ3n) is 4.17. The molecule has 166 valence electrons. The zero-order chi connectivity index (χ0) is 22.5. The van der Waals surface area contributed by atoms with E-state index in [1.54, 1.807) is 12.1 Å². The van der Waals surface area contributed by atoms with Crippen molar-refractivity contribution in [3.63, 3.8) is 0 Å². The summed E-state index contributed by atoms with van der Waals surface area (Å²) in [7, 11) is 1.42. The lowest BCUT2D eigenvalue weighted by Crippen LogP contribution is -2.36. The summed E-state index contributed by atoms with van der Waals surface area (Å²) >= 11 is 0. The fourth-order valence-electron chi connectivity index (χ4n) is 2.57. The summed E-state index contributed by atoms with van der Waals surface area (Å²) < 4.78 is 10.4. The van der Waals surface area contributed by atoms with Crippen molar-refractivity contribution in [2.24, 2.45) is 11.7 Å². The third-order valence-corrected chi connectivity index (χ3v) is 4.17. The highest BCUT2D eigenvalue weighted by Gasteiger charge is 2.21. The van der Waals surface area contributed by atoms with Gasteiger partial charge in [0.25, 0.3) is 0 Å². The summed E-state index contributed by atoms with van der Waals surface area (Å²) in [4.78, 5) is 34.5. The summed E-state index contributed by atoms with van der Waals surface area (Å²) in [5, 5.41) is 11.6. The Morgan fingerprint density at radius 2 is 1.93 bits per heavy atom.